The van der Waals surface area contributed by atoms with Gasteiger partial charge in [0.2, 0.25) is 0 Å². The van der Waals surface area contributed by atoms with Gasteiger partial charge < -0.3 is 19.9 Å². The summed E-state index contributed by atoms with van der Waals surface area (Å²) in [4.78, 5) is 28.1. The monoisotopic (exact) mass is 336 g/mol. The van der Waals surface area contributed by atoms with Gasteiger partial charge in [0.1, 0.15) is 21.2 Å². The third-order valence-electron chi connectivity index (χ3n) is 3.00. The summed E-state index contributed by atoms with van der Waals surface area (Å²) in [7, 11) is 2.94. The molecule has 122 valence electrons. The third kappa shape index (κ3) is 3.85. The van der Waals surface area contributed by atoms with E-state index in [1.54, 1.807) is 14.0 Å². The molecule has 2 N–H and O–H groups in total. The summed E-state index contributed by atoms with van der Waals surface area (Å²) in [6.45, 7) is 2.10. The summed E-state index contributed by atoms with van der Waals surface area (Å²) >= 11 is 1.26. The zero-order valence-corrected chi connectivity index (χ0v) is 13.7. The van der Waals surface area contributed by atoms with Crippen molar-refractivity contribution in [3.8, 4) is 5.75 Å². The minimum Gasteiger partial charge on any atom is -0.496 e. The number of carbonyl (C=O) groups is 2. The lowest BCUT2D eigenvalue weighted by Gasteiger charge is -2.09. The van der Waals surface area contributed by atoms with Crippen LogP contribution < -0.4 is 10.1 Å². The minimum atomic E-state index is -1.10. The van der Waals surface area contributed by atoms with Gasteiger partial charge in [-0.05, 0) is 19.1 Å². The van der Waals surface area contributed by atoms with Gasteiger partial charge in [-0.15, -0.1) is 11.3 Å². The number of aromatic nitrogens is 1. The van der Waals surface area contributed by atoms with Gasteiger partial charge in [0, 0.05) is 18.9 Å². The maximum absolute atomic E-state index is 12.3. The van der Waals surface area contributed by atoms with E-state index in [0.29, 0.717) is 27.9 Å². The number of hydrogen-bond donors (Lipinski definition) is 2. The van der Waals surface area contributed by atoms with Crippen LogP contribution in [0, 0.1) is 6.92 Å². The number of rotatable bonds is 6. The van der Waals surface area contributed by atoms with Crippen molar-refractivity contribution in [2.75, 3.05) is 19.5 Å². The van der Waals surface area contributed by atoms with Crippen LogP contribution in [0.15, 0.2) is 18.2 Å². The minimum absolute atomic E-state index is 0.0295. The van der Waals surface area contributed by atoms with E-state index in [2.05, 4.69) is 10.3 Å². The molecule has 8 heteroatoms. The Bertz CT molecular complexity index is 741. The molecular weight excluding hydrogens is 320 g/mol. The third-order valence-corrected chi connectivity index (χ3v) is 4.13. The van der Waals surface area contributed by atoms with Gasteiger partial charge in [-0.1, -0.05) is 0 Å². The standard InChI is InChI=1S/C15H16N2O5S/c1-8-13(23-12(16-8)7-21-2)14(18)17-9-4-5-10(15(19)20)11(6-9)22-3/h4-6H,7H2,1-3H3,(H,17,18)(H,19,20). The Labute approximate surface area is 136 Å². The predicted octanol–water partition coefficient (Wildman–Crippen LogP) is 2.56. The highest BCUT2D eigenvalue weighted by Gasteiger charge is 2.17. The normalized spacial score (nSPS) is 10.4. The van der Waals surface area contributed by atoms with E-state index in [1.807, 2.05) is 0 Å². The van der Waals surface area contributed by atoms with Crippen molar-refractivity contribution >= 4 is 28.9 Å². The van der Waals surface area contributed by atoms with Crippen molar-refractivity contribution in [3.05, 3.63) is 39.3 Å². The van der Waals surface area contributed by atoms with Crippen LogP contribution in [0.5, 0.6) is 5.75 Å². The second-order valence-electron chi connectivity index (χ2n) is 4.63. The molecule has 2 rings (SSSR count). The molecule has 1 aromatic heterocycles. The number of thiazole rings is 1. The lowest BCUT2D eigenvalue weighted by Crippen LogP contribution is -2.12. The van der Waals surface area contributed by atoms with Crippen LogP contribution in [0.4, 0.5) is 5.69 Å². The van der Waals surface area contributed by atoms with Gasteiger partial charge in [0.15, 0.2) is 0 Å². The molecule has 1 aromatic carbocycles. The molecule has 2 aromatic rings. The fourth-order valence-electron chi connectivity index (χ4n) is 1.98. The predicted molar refractivity (Wildman–Crippen MR) is 85.5 cm³/mol. The molecule has 1 amide bonds. The van der Waals surface area contributed by atoms with Crippen molar-refractivity contribution in [3.63, 3.8) is 0 Å². The number of carboxylic acid groups (broad SMARTS) is 1. The number of anilines is 1. The Hall–Kier alpha value is -2.45. The van der Waals surface area contributed by atoms with Gasteiger partial charge in [0.25, 0.3) is 5.91 Å². The molecular formula is C15H16N2O5S. The smallest absolute Gasteiger partial charge is 0.339 e. The topological polar surface area (TPSA) is 97.8 Å². The first-order chi connectivity index (χ1) is 11.0. The van der Waals surface area contributed by atoms with E-state index in [0.717, 1.165) is 0 Å². The quantitative estimate of drug-likeness (QED) is 0.841. The highest BCUT2D eigenvalue weighted by Crippen LogP contribution is 2.25. The lowest BCUT2D eigenvalue weighted by atomic mass is 10.2. The molecule has 0 bridgehead atoms. The summed E-state index contributed by atoms with van der Waals surface area (Å²) in [6.07, 6.45) is 0. The summed E-state index contributed by atoms with van der Waals surface area (Å²) < 4.78 is 10.0. The van der Waals surface area contributed by atoms with E-state index in [1.165, 1.54) is 36.6 Å². The molecule has 0 aliphatic carbocycles. The molecule has 0 spiro atoms. The van der Waals surface area contributed by atoms with E-state index in [-0.39, 0.29) is 17.2 Å². The van der Waals surface area contributed by atoms with Crippen molar-refractivity contribution in [2.45, 2.75) is 13.5 Å². The van der Waals surface area contributed by atoms with Crippen molar-refractivity contribution in [1.82, 2.24) is 4.98 Å². The number of nitrogens with one attached hydrogen (secondary N) is 1. The number of methoxy groups -OCH3 is 2. The summed E-state index contributed by atoms with van der Waals surface area (Å²) in [5, 5.41) is 12.5. The number of aromatic carboxylic acids is 1. The fraction of sp³-hybridized carbons (Fsp3) is 0.267. The SMILES string of the molecule is COCc1nc(C)c(C(=O)Nc2ccc(C(=O)O)c(OC)c2)s1. The Morgan fingerprint density at radius 1 is 1.35 bits per heavy atom. The summed E-state index contributed by atoms with van der Waals surface area (Å²) in [5.41, 5.74) is 1.09. The number of carboxylic acids is 1. The number of ether oxygens (including phenoxy) is 2. The maximum Gasteiger partial charge on any atom is 0.339 e. The molecule has 1 heterocycles. The number of carbonyl (C=O) groups excluding carboxylic acids is 1. The number of hydrogen-bond acceptors (Lipinski definition) is 6. The maximum atomic E-state index is 12.3. The van der Waals surface area contributed by atoms with E-state index in [9.17, 15) is 9.59 Å². The van der Waals surface area contributed by atoms with Crippen LogP contribution in [0.25, 0.3) is 0 Å². The van der Waals surface area contributed by atoms with Crippen LogP contribution in [-0.2, 0) is 11.3 Å². The Kier molecular flexibility index (Phi) is 5.30. The molecule has 7 nitrogen and oxygen atoms in total. The first kappa shape index (κ1) is 16.9. The first-order valence-electron chi connectivity index (χ1n) is 6.64. The van der Waals surface area contributed by atoms with Crippen LogP contribution >= 0.6 is 11.3 Å². The Morgan fingerprint density at radius 2 is 2.09 bits per heavy atom. The van der Waals surface area contributed by atoms with Crippen LogP contribution in [0.1, 0.15) is 30.7 Å². The highest BCUT2D eigenvalue weighted by molar-refractivity contribution is 7.13. The van der Waals surface area contributed by atoms with Gasteiger partial charge in [0.05, 0.1) is 19.4 Å². The van der Waals surface area contributed by atoms with Gasteiger partial charge in [-0.25, -0.2) is 9.78 Å². The fourth-order valence-corrected chi connectivity index (χ4v) is 2.91. The molecule has 0 aliphatic rings. The van der Waals surface area contributed by atoms with E-state index >= 15 is 0 Å². The van der Waals surface area contributed by atoms with Gasteiger partial charge in [-0.2, -0.15) is 0 Å². The molecule has 0 fully saturated rings. The number of benzene rings is 1. The Morgan fingerprint density at radius 3 is 2.70 bits per heavy atom. The summed E-state index contributed by atoms with van der Waals surface area (Å²) in [5.74, 6) is -1.23. The average molecular weight is 336 g/mol. The highest BCUT2D eigenvalue weighted by atomic mass is 32.1. The Balaban J connectivity index is 2.21. The zero-order valence-electron chi connectivity index (χ0n) is 12.9. The van der Waals surface area contributed by atoms with Crippen LogP contribution in [0.3, 0.4) is 0 Å². The van der Waals surface area contributed by atoms with Crippen molar-refractivity contribution in [1.29, 1.82) is 0 Å². The molecule has 0 radical (unpaired) electrons. The van der Waals surface area contributed by atoms with Crippen molar-refractivity contribution < 1.29 is 24.2 Å². The molecule has 23 heavy (non-hydrogen) atoms. The summed E-state index contributed by atoms with van der Waals surface area (Å²) in [6, 6.07) is 4.36. The molecule has 0 unspecified atom stereocenters. The second kappa shape index (κ2) is 7.21. The molecule has 0 saturated carbocycles. The number of aryl methyl sites for hydroxylation is 1. The lowest BCUT2D eigenvalue weighted by molar-refractivity contribution is 0.0693. The molecule has 0 aliphatic heterocycles. The number of amides is 1. The second-order valence-corrected chi connectivity index (χ2v) is 5.71. The van der Waals surface area contributed by atoms with Gasteiger partial charge >= 0.3 is 5.97 Å². The van der Waals surface area contributed by atoms with Crippen LogP contribution in [-0.4, -0.2) is 36.2 Å². The van der Waals surface area contributed by atoms with Crippen molar-refractivity contribution in [2.24, 2.45) is 0 Å². The zero-order chi connectivity index (χ0) is 17.0. The first-order valence-corrected chi connectivity index (χ1v) is 7.45. The van der Waals surface area contributed by atoms with E-state index < -0.39 is 5.97 Å². The van der Waals surface area contributed by atoms with Gasteiger partial charge in [-0.3, -0.25) is 4.79 Å². The average Bonchev–Trinajstić information content (AvgIpc) is 2.88. The molecule has 0 saturated heterocycles. The van der Waals surface area contributed by atoms with Crippen LogP contribution in [0.2, 0.25) is 0 Å². The number of nitrogens with zero attached hydrogens (tertiary/aromatic N) is 1. The largest absolute Gasteiger partial charge is 0.496 e. The molecule has 0 atom stereocenters. The van der Waals surface area contributed by atoms with E-state index in [4.69, 9.17) is 14.6 Å².